The van der Waals surface area contributed by atoms with Gasteiger partial charge in [-0.15, -0.1) is 10.2 Å². The molecule has 43 heavy (non-hydrogen) atoms. The van der Waals surface area contributed by atoms with E-state index in [1.807, 2.05) is 67.6 Å². The fourth-order valence-electron chi connectivity index (χ4n) is 5.27. The molecule has 1 fully saturated rings. The number of nitrogens with one attached hydrogen (secondary N) is 1. The van der Waals surface area contributed by atoms with Gasteiger partial charge in [0.25, 0.3) is 0 Å². The van der Waals surface area contributed by atoms with Crippen LogP contribution in [-0.2, 0) is 15.8 Å². The Kier molecular flexibility index (Phi) is 8.18. The largest absolute Gasteiger partial charge is 0.474 e. The number of carboxylic acid groups (broad SMARTS) is 1. The summed E-state index contributed by atoms with van der Waals surface area (Å²) in [4.78, 5) is 24.1. The molecular weight excluding hydrogens is 607 g/mol. The van der Waals surface area contributed by atoms with Crippen LogP contribution in [0.25, 0.3) is 10.2 Å². The Bertz CT molecular complexity index is 1800. The van der Waals surface area contributed by atoms with E-state index >= 15 is 0 Å². The number of anilines is 3. The van der Waals surface area contributed by atoms with Gasteiger partial charge < -0.3 is 15.3 Å². The zero-order valence-corrected chi connectivity index (χ0v) is 26.1. The van der Waals surface area contributed by atoms with Gasteiger partial charge in [0.1, 0.15) is 0 Å². The molecule has 4 heterocycles. The lowest BCUT2D eigenvalue weighted by atomic mass is 9.98. The summed E-state index contributed by atoms with van der Waals surface area (Å²) < 4.78 is 28.6. The van der Waals surface area contributed by atoms with Crippen LogP contribution in [-0.4, -0.2) is 63.6 Å². The molecule has 2 aromatic carbocycles. The van der Waals surface area contributed by atoms with Crippen molar-refractivity contribution < 1.29 is 18.3 Å². The van der Waals surface area contributed by atoms with Crippen molar-refractivity contribution in [3.05, 3.63) is 82.9 Å². The summed E-state index contributed by atoms with van der Waals surface area (Å²) in [5.41, 5.74) is 2.48. The van der Waals surface area contributed by atoms with Crippen LogP contribution in [0.15, 0.2) is 76.8 Å². The molecule has 0 spiro atoms. The van der Waals surface area contributed by atoms with E-state index in [9.17, 15) is 18.3 Å². The molecular formula is C29H31N7O4S3. The molecule has 4 aromatic rings. The molecule has 2 N–H and O–H groups in total. The first-order valence-corrected chi connectivity index (χ1v) is 17.5. The lowest BCUT2D eigenvalue weighted by molar-refractivity contribution is 0.222. The van der Waals surface area contributed by atoms with Crippen molar-refractivity contribution in [2.45, 2.75) is 25.5 Å². The highest BCUT2D eigenvalue weighted by Crippen LogP contribution is 2.49. The Morgan fingerprint density at radius 1 is 1.12 bits per heavy atom. The van der Waals surface area contributed by atoms with Crippen molar-refractivity contribution in [2.24, 2.45) is 10.9 Å². The number of aliphatic imine (C=N–C) groups is 1. The average Bonchev–Trinajstić information content (AvgIpc) is 3.63. The third kappa shape index (κ3) is 6.13. The SMILES string of the molecule is Cc1cc(N(C)C2=NC=C(C3CCN(S(=O)(=O)Cc4ccccc4)CC3)[SH]2C(=O)O)nnc1Nc1nc2ccccc2s1. The lowest BCUT2D eigenvalue weighted by Crippen LogP contribution is -2.39. The fraction of sp³-hybridized carbons (Fsp3) is 0.276. The number of benzene rings is 2. The van der Waals surface area contributed by atoms with Gasteiger partial charge in [0.15, 0.2) is 21.9 Å². The van der Waals surface area contributed by atoms with Crippen LogP contribution in [0.3, 0.4) is 0 Å². The predicted octanol–water partition coefficient (Wildman–Crippen LogP) is 5.71. The zero-order valence-electron chi connectivity index (χ0n) is 23.6. The van der Waals surface area contributed by atoms with E-state index in [2.05, 4.69) is 25.5 Å². The molecule has 224 valence electrons. The molecule has 6 rings (SSSR count). The van der Waals surface area contributed by atoms with E-state index in [0.29, 0.717) is 47.9 Å². The van der Waals surface area contributed by atoms with Gasteiger partial charge in [-0.2, -0.15) is 0 Å². The third-order valence-electron chi connectivity index (χ3n) is 7.55. The number of sulfonamides is 1. The Hall–Kier alpha value is -3.85. The number of amidine groups is 1. The second kappa shape index (κ2) is 12.0. The topological polar surface area (TPSA) is 141 Å². The highest BCUT2D eigenvalue weighted by molar-refractivity contribution is 8.44. The lowest BCUT2D eigenvalue weighted by Gasteiger charge is -2.34. The highest BCUT2D eigenvalue weighted by Gasteiger charge is 2.38. The molecule has 1 atom stereocenters. The summed E-state index contributed by atoms with van der Waals surface area (Å²) in [6.45, 7) is 2.60. The fourth-order valence-corrected chi connectivity index (χ4v) is 9.69. The maximum absolute atomic E-state index is 13.0. The molecule has 2 aromatic heterocycles. The second-order valence-corrected chi connectivity index (χ2v) is 15.4. The number of aryl methyl sites for hydroxylation is 1. The summed E-state index contributed by atoms with van der Waals surface area (Å²) in [5, 5.41) is 22.4. The van der Waals surface area contributed by atoms with Gasteiger partial charge in [-0.3, -0.25) is 0 Å². The number of hydrogen-bond acceptors (Lipinski definition) is 10. The number of thiol groups is 1. The number of thiazole rings is 1. The molecule has 0 radical (unpaired) electrons. The zero-order chi connectivity index (χ0) is 30.1. The third-order valence-corrected chi connectivity index (χ3v) is 12.6. The standard InChI is InChI=1S/C29H31N7O4S3/c1-19-16-25(33-34-26(19)32-27-31-22-10-6-7-11-23(22)41-27)35(2)28-30-17-24(42(28)29(37)38)21-12-14-36(15-13-21)43(39,40)18-20-8-4-3-5-9-20/h3-11,16-17,21,42H,12-15,18H2,1-2H3,(H,37,38)(H,31,32,34). The first-order chi connectivity index (χ1) is 20.7. The second-order valence-electron chi connectivity index (χ2n) is 10.4. The quantitative estimate of drug-likeness (QED) is 0.217. The van der Waals surface area contributed by atoms with Gasteiger partial charge in [0, 0.05) is 31.2 Å². The van der Waals surface area contributed by atoms with Crippen LogP contribution in [0, 0.1) is 12.8 Å². The van der Waals surface area contributed by atoms with Crippen LogP contribution in [0.1, 0.15) is 24.0 Å². The Balaban J connectivity index is 1.12. The summed E-state index contributed by atoms with van der Waals surface area (Å²) in [5.74, 6) is 0.943. The predicted molar refractivity (Wildman–Crippen MR) is 174 cm³/mol. The summed E-state index contributed by atoms with van der Waals surface area (Å²) in [6, 6.07) is 18.9. The van der Waals surface area contributed by atoms with Crippen LogP contribution in [0.4, 0.5) is 21.6 Å². The first-order valence-electron chi connectivity index (χ1n) is 13.7. The first kappa shape index (κ1) is 29.2. The van der Waals surface area contributed by atoms with Crippen molar-refractivity contribution in [3.63, 3.8) is 0 Å². The van der Waals surface area contributed by atoms with Gasteiger partial charge in [-0.1, -0.05) is 64.7 Å². The minimum Gasteiger partial charge on any atom is -0.474 e. The van der Waals surface area contributed by atoms with Crippen LogP contribution in [0.2, 0.25) is 0 Å². The maximum Gasteiger partial charge on any atom is 0.355 e. The Labute approximate surface area is 256 Å². The molecule has 0 aliphatic carbocycles. The van der Waals surface area contributed by atoms with Gasteiger partial charge in [0.2, 0.25) is 10.0 Å². The van der Waals surface area contributed by atoms with Crippen molar-refractivity contribution >= 4 is 69.7 Å². The monoisotopic (exact) mass is 637 g/mol. The van der Waals surface area contributed by atoms with Crippen molar-refractivity contribution in [1.82, 2.24) is 19.5 Å². The molecule has 0 amide bonds. The normalized spacial score (nSPS) is 18.8. The smallest absolute Gasteiger partial charge is 0.355 e. The Morgan fingerprint density at radius 2 is 1.84 bits per heavy atom. The van der Waals surface area contributed by atoms with Crippen molar-refractivity contribution in [1.29, 1.82) is 0 Å². The van der Waals surface area contributed by atoms with E-state index in [1.165, 1.54) is 15.6 Å². The van der Waals surface area contributed by atoms with E-state index in [1.54, 1.807) is 18.1 Å². The summed E-state index contributed by atoms with van der Waals surface area (Å²) >= 11 is 1.52. The van der Waals surface area contributed by atoms with Crippen LogP contribution < -0.4 is 10.2 Å². The minimum atomic E-state index is -3.47. The van der Waals surface area contributed by atoms with Crippen molar-refractivity contribution in [2.75, 3.05) is 30.4 Å². The number of aromatic nitrogens is 3. The van der Waals surface area contributed by atoms with Gasteiger partial charge in [-0.25, -0.2) is 27.5 Å². The molecule has 1 unspecified atom stereocenters. The molecule has 0 bridgehead atoms. The molecule has 11 nitrogen and oxygen atoms in total. The maximum atomic E-state index is 13.0. The van der Waals surface area contributed by atoms with Crippen molar-refractivity contribution in [3.8, 4) is 0 Å². The number of carbonyl (C=O) groups is 1. The summed E-state index contributed by atoms with van der Waals surface area (Å²) in [6.07, 6.45) is 2.75. The molecule has 1 saturated heterocycles. The van der Waals surface area contributed by atoms with E-state index in [4.69, 9.17) is 0 Å². The van der Waals surface area contributed by atoms with E-state index in [-0.39, 0.29) is 11.7 Å². The van der Waals surface area contributed by atoms with E-state index < -0.39 is 26.2 Å². The van der Waals surface area contributed by atoms with E-state index in [0.717, 1.165) is 26.2 Å². The molecule has 0 saturated carbocycles. The average molecular weight is 638 g/mol. The van der Waals surface area contributed by atoms with Gasteiger partial charge >= 0.3 is 5.30 Å². The summed E-state index contributed by atoms with van der Waals surface area (Å²) in [7, 11) is -3.49. The number of allylic oxidation sites excluding steroid dienone is 1. The van der Waals surface area contributed by atoms with Gasteiger partial charge in [0.05, 0.1) is 16.0 Å². The molecule has 2 aliphatic rings. The number of piperidine rings is 1. The Morgan fingerprint density at radius 3 is 2.53 bits per heavy atom. The number of rotatable bonds is 7. The highest BCUT2D eigenvalue weighted by atomic mass is 32.2. The molecule has 14 heteroatoms. The number of nitrogens with zero attached hydrogens (tertiary/aromatic N) is 6. The minimum absolute atomic E-state index is 0.0452. The number of fused-ring (bicyclic) bond motifs is 1. The molecule has 2 aliphatic heterocycles. The number of hydrogen-bond donors (Lipinski definition) is 3. The van der Waals surface area contributed by atoms with Crippen LogP contribution >= 0.6 is 22.2 Å². The van der Waals surface area contributed by atoms with Gasteiger partial charge in [-0.05, 0) is 55.0 Å². The van der Waals surface area contributed by atoms with Crippen LogP contribution in [0.5, 0.6) is 0 Å². The number of para-hydroxylation sites is 1.